The normalized spacial score (nSPS) is 10.9. The van der Waals surface area contributed by atoms with Crippen molar-refractivity contribution in [1.29, 1.82) is 0 Å². The number of hydrogen-bond donors (Lipinski definition) is 1. The largest absolute Gasteiger partial charge is 0.493 e. The Morgan fingerprint density at radius 3 is 2.76 bits per heavy atom. The zero-order valence-corrected chi connectivity index (χ0v) is 20.0. The maximum absolute atomic E-state index is 12.3. The summed E-state index contributed by atoms with van der Waals surface area (Å²) in [5, 5.41) is 6.34. The Morgan fingerprint density at radius 2 is 2.00 bits per heavy atom. The van der Waals surface area contributed by atoms with Crippen LogP contribution in [0.1, 0.15) is 16.8 Å². The summed E-state index contributed by atoms with van der Waals surface area (Å²) in [6, 6.07) is 16.8. The first-order valence-electron chi connectivity index (χ1n) is 10.5. The third-order valence-electron chi connectivity index (χ3n) is 4.83. The molecule has 1 amide bonds. The number of amides is 1. The fraction of sp³-hybridized carbons (Fsp3) is 0.115. The van der Waals surface area contributed by atoms with Crippen LogP contribution in [-0.2, 0) is 17.9 Å². The maximum atomic E-state index is 12.3. The minimum atomic E-state index is -0.210. The molecule has 2 aromatic carbocycles. The van der Waals surface area contributed by atoms with Crippen molar-refractivity contribution in [3.63, 3.8) is 0 Å². The van der Waals surface area contributed by atoms with E-state index in [2.05, 4.69) is 15.3 Å². The van der Waals surface area contributed by atoms with Gasteiger partial charge in [0.1, 0.15) is 11.6 Å². The monoisotopic (exact) mass is 491 g/mol. The highest BCUT2D eigenvalue weighted by Gasteiger charge is 2.07. The highest BCUT2D eigenvalue weighted by Crippen LogP contribution is 2.29. The Labute approximate surface area is 206 Å². The molecule has 0 aliphatic heterocycles. The van der Waals surface area contributed by atoms with Crippen LogP contribution in [0.4, 0.5) is 0 Å². The number of pyridine rings is 1. The number of nitrogens with one attached hydrogen (secondary N) is 1. The van der Waals surface area contributed by atoms with Gasteiger partial charge in [-0.3, -0.25) is 9.78 Å². The molecular formula is C26H22ClN3O3S. The molecule has 0 fully saturated rings. The molecule has 4 aromatic rings. The number of methoxy groups -OCH3 is 1. The zero-order chi connectivity index (χ0) is 23.8. The summed E-state index contributed by atoms with van der Waals surface area (Å²) in [7, 11) is 1.58. The number of carbonyl (C=O) groups excluding carboxylic acids is 1. The van der Waals surface area contributed by atoms with Crippen molar-refractivity contribution in [2.24, 2.45) is 0 Å². The topological polar surface area (TPSA) is 73.3 Å². The third-order valence-corrected chi connectivity index (χ3v) is 6.02. The van der Waals surface area contributed by atoms with Gasteiger partial charge >= 0.3 is 0 Å². The maximum Gasteiger partial charge on any atom is 0.244 e. The molecule has 8 heteroatoms. The summed E-state index contributed by atoms with van der Waals surface area (Å²) in [4.78, 5) is 20.9. The van der Waals surface area contributed by atoms with Crippen LogP contribution in [0.3, 0.4) is 0 Å². The predicted octanol–water partition coefficient (Wildman–Crippen LogP) is 5.78. The molecule has 0 bridgehead atoms. The highest BCUT2D eigenvalue weighted by molar-refractivity contribution is 7.13. The number of halogens is 1. The van der Waals surface area contributed by atoms with Gasteiger partial charge in [-0.15, -0.1) is 11.3 Å². The van der Waals surface area contributed by atoms with E-state index >= 15 is 0 Å². The van der Waals surface area contributed by atoms with E-state index in [1.165, 1.54) is 17.4 Å². The minimum absolute atomic E-state index is 0.210. The number of ether oxygens (including phenoxy) is 2. The van der Waals surface area contributed by atoms with Crippen molar-refractivity contribution in [3.8, 4) is 22.1 Å². The lowest BCUT2D eigenvalue weighted by Gasteiger charge is -2.11. The summed E-state index contributed by atoms with van der Waals surface area (Å²) in [6.45, 7) is 0.741. The molecule has 0 radical (unpaired) electrons. The van der Waals surface area contributed by atoms with Crippen molar-refractivity contribution in [2.45, 2.75) is 13.2 Å². The van der Waals surface area contributed by atoms with Crippen LogP contribution in [-0.4, -0.2) is 23.0 Å². The predicted molar refractivity (Wildman–Crippen MR) is 135 cm³/mol. The van der Waals surface area contributed by atoms with Crippen LogP contribution in [0.5, 0.6) is 11.5 Å². The molecule has 0 unspecified atom stereocenters. The van der Waals surface area contributed by atoms with Crippen LogP contribution < -0.4 is 14.8 Å². The molecule has 0 saturated heterocycles. The van der Waals surface area contributed by atoms with Gasteiger partial charge in [0.15, 0.2) is 11.5 Å². The van der Waals surface area contributed by atoms with Gasteiger partial charge in [-0.2, -0.15) is 0 Å². The zero-order valence-electron chi connectivity index (χ0n) is 18.4. The van der Waals surface area contributed by atoms with Gasteiger partial charge in [0.25, 0.3) is 0 Å². The van der Waals surface area contributed by atoms with Crippen LogP contribution in [0.15, 0.2) is 78.4 Å². The van der Waals surface area contributed by atoms with Gasteiger partial charge in [0, 0.05) is 34.4 Å². The van der Waals surface area contributed by atoms with Gasteiger partial charge in [-0.25, -0.2) is 4.98 Å². The van der Waals surface area contributed by atoms with Gasteiger partial charge in [0.05, 0.1) is 19.3 Å². The van der Waals surface area contributed by atoms with Crippen molar-refractivity contribution in [3.05, 3.63) is 100 Å². The van der Waals surface area contributed by atoms with Gasteiger partial charge in [-0.1, -0.05) is 29.8 Å². The second kappa shape index (κ2) is 11.4. The van der Waals surface area contributed by atoms with Crippen LogP contribution >= 0.6 is 22.9 Å². The molecule has 0 aliphatic carbocycles. The second-order valence-electron chi connectivity index (χ2n) is 7.26. The molecule has 4 rings (SSSR count). The van der Waals surface area contributed by atoms with Crippen LogP contribution in [0, 0.1) is 0 Å². The Morgan fingerprint density at radius 1 is 1.15 bits per heavy atom. The van der Waals surface area contributed by atoms with Gasteiger partial charge < -0.3 is 14.8 Å². The van der Waals surface area contributed by atoms with Gasteiger partial charge in [-0.05, 0) is 53.6 Å². The summed E-state index contributed by atoms with van der Waals surface area (Å²) in [5.74, 6) is 0.992. The Kier molecular flexibility index (Phi) is 7.91. The molecule has 0 saturated carbocycles. The first kappa shape index (κ1) is 23.5. The van der Waals surface area contributed by atoms with Crippen molar-refractivity contribution < 1.29 is 14.3 Å². The minimum Gasteiger partial charge on any atom is -0.493 e. The van der Waals surface area contributed by atoms with Crippen molar-refractivity contribution >= 4 is 34.9 Å². The number of rotatable bonds is 9. The van der Waals surface area contributed by atoms with Crippen molar-refractivity contribution in [2.75, 3.05) is 7.11 Å². The Balaban J connectivity index is 1.31. The standard InChI is InChI=1S/C26H22ClN3O3S/c1-32-24-13-18(6-10-23(24)33-16-19-4-8-21(27)9-5-19)7-11-25(31)29-15-22-17-34-26(30-22)20-3-2-12-28-14-20/h2-14,17H,15-16H2,1H3,(H,29,31)/b11-7+. The first-order chi connectivity index (χ1) is 16.6. The van der Waals surface area contributed by atoms with E-state index in [1.807, 2.05) is 60.0 Å². The van der Waals surface area contributed by atoms with E-state index < -0.39 is 0 Å². The number of hydrogen-bond acceptors (Lipinski definition) is 6. The molecule has 0 atom stereocenters. The molecule has 0 aliphatic rings. The van der Waals surface area contributed by atoms with E-state index in [9.17, 15) is 4.79 Å². The fourth-order valence-electron chi connectivity index (χ4n) is 3.07. The summed E-state index contributed by atoms with van der Waals surface area (Å²) in [5.41, 5.74) is 3.58. The van der Waals surface area contributed by atoms with Gasteiger partial charge in [0.2, 0.25) is 5.91 Å². The number of thiazole rings is 1. The fourth-order valence-corrected chi connectivity index (χ4v) is 4.00. The summed E-state index contributed by atoms with van der Waals surface area (Å²) >= 11 is 7.44. The van der Waals surface area contributed by atoms with E-state index in [0.29, 0.717) is 29.7 Å². The molecule has 34 heavy (non-hydrogen) atoms. The average molecular weight is 492 g/mol. The molecule has 6 nitrogen and oxygen atoms in total. The number of aromatic nitrogens is 2. The smallest absolute Gasteiger partial charge is 0.244 e. The highest BCUT2D eigenvalue weighted by atomic mass is 35.5. The lowest BCUT2D eigenvalue weighted by molar-refractivity contribution is -0.116. The molecule has 172 valence electrons. The third kappa shape index (κ3) is 6.43. The summed E-state index contributed by atoms with van der Waals surface area (Å²) in [6.07, 6.45) is 6.70. The lowest BCUT2D eigenvalue weighted by Crippen LogP contribution is -2.20. The molecule has 2 aromatic heterocycles. The Bertz CT molecular complexity index is 1270. The first-order valence-corrected chi connectivity index (χ1v) is 11.7. The van der Waals surface area contributed by atoms with Crippen LogP contribution in [0.2, 0.25) is 5.02 Å². The van der Waals surface area contributed by atoms with Crippen LogP contribution in [0.25, 0.3) is 16.6 Å². The number of carbonyl (C=O) groups is 1. The van der Waals surface area contributed by atoms with E-state index in [4.69, 9.17) is 21.1 Å². The van der Waals surface area contributed by atoms with E-state index in [-0.39, 0.29) is 5.91 Å². The molecular weight excluding hydrogens is 470 g/mol. The molecule has 0 spiro atoms. The molecule has 2 heterocycles. The average Bonchev–Trinajstić information content (AvgIpc) is 3.36. The number of benzene rings is 2. The Hall–Kier alpha value is -3.68. The number of nitrogens with zero attached hydrogens (tertiary/aromatic N) is 2. The lowest BCUT2D eigenvalue weighted by atomic mass is 10.2. The quantitative estimate of drug-likeness (QED) is 0.301. The van der Waals surface area contributed by atoms with E-state index in [1.54, 1.807) is 25.6 Å². The second-order valence-corrected chi connectivity index (χ2v) is 8.56. The molecule has 1 N–H and O–H groups in total. The SMILES string of the molecule is COc1cc(/C=C/C(=O)NCc2csc(-c3cccnc3)n2)ccc1OCc1ccc(Cl)cc1. The summed E-state index contributed by atoms with van der Waals surface area (Å²) < 4.78 is 11.3. The van der Waals surface area contributed by atoms with Crippen molar-refractivity contribution in [1.82, 2.24) is 15.3 Å². The van der Waals surface area contributed by atoms with E-state index in [0.717, 1.165) is 27.4 Å².